The van der Waals surface area contributed by atoms with Crippen molar-refractivity contribution in [1.82, 2.24) is 5.01 Å². The van der Waals surface area contributed by atoms with E-state index >= 15 is 0 Å². The molecule has 3 nitrogen and oxygen atoms in total. The molecule has 0 heterocycles. The summed E-state index contributed by atoms with van der Waals surface area (Å²) in [5.41, 5.74) is 0.573. The van der Waals surface area contributed by atoms with Crippen molar-refractivity contribution in [3.05, 3.63) is 48.6 Å². The Morgan fingerprint density at radius 1 is 1.41 bits per heavy atom. The van der Waals surface area contributed by atoms with Gasteiger partial charge in [0.05, 0.1) is 5.71 Å². The van der Waals surface area contributed by atoms with Crippen LogP contribution in [-0.4, -0.2) is 35.5 Å². The van der Waals surface area contributed by atoms with Crippen LogP contribution < -0.4 is 0 Å². The molecule has 0 bridgehead atoms. The fourth-order valence-electron chi connectivity index (χ4n) is 1.65. The number of hydrazone groups is 1. The molecular weight excluding hydrogens is 212 g/mol. The van der Waals surface area contributed by atoms with Crippen molar-refractivity contribution in [2.45, 2.75) is 18.9 Å². The predicted octanol–water partition coefficient (Wildman–Crippen LogP) is 2.28. The largest absolute Gasteiger partial charge is 0.383 e. The monoisotopic (exact) mass is 232 g/mol. The molecule has 3 heteroatoms. The minimum Gasteiger partial charge on any atom is -0.383 e. The van der Waals surface area contributed by atoms with Crippen LogP contribution >= 0.6 is 0 Å². The average molecular weight is 232 g/mol. The number of nitrogens with zero attached hydrogens (tertiary/aromatic N) is 2. The fraction of sp³-hybridized carbons (Fsp3) is 0.357. The summed E-state index contributed by atoms with van der Waals surface area (Å²) in [6, 6.07) is 9.70. The molecule has 0 amide bonds. The molecule has 1 atom stereocenters. The Balaban J connectivity index is 3.18. The minimum absolute atomic E-state index is 0.467. The maximum Gasteiger partial charge on any atom is 0.109 e. The van der Waals surface area contributed by atoms with Crippen molar-refractivity contribution in [1.29, 1.82) is 0 Å². The van der Waals surface area contributed by atoms with E-state index in [9.17, 15) is 5.11 Å². The van der Waals surface area contributed by atoms with E-state index in [4.69, 9.17) is 0 Å². The molecule has 0 aliphatic carbocycles. The van der Waals surface area contributed by atoms with Gasteiger partial charge < -0.3 is 10.1 Å². The Morgan fingerprint density at radius 3 is 2.47 bits per heavy atom. The smallest absolute Gasteiger partial charge is 0.109 e. The molecule has 0 aliphatic heterocycles. The van der Waals surface area contributed by atoms with Gasteiger partial charge in [0.25, 0.3) is 0 Å². The van der Waals surface area contributed by atoms with Crippen LogP contribution in [0.5, 0.6) is 0 Å². The second-order valence-electron chi connectivity index (χ2n) is 4.43. The van der Waals surface area contributed by atoms with Crippen molar-refractivity contribution in [3.63, 3.8) is 0 Å². The predicted molar refractivity (Wildman–Crippen MR) is 72.1 cm³/mol. The highest BCUT2D eigenvalue weighted by atomic mass is 16.3. The molecule has 0 spiro atoms. The van der Waals surface area contributed by atoms with E-state index in [-0.39, 0.29) is 0 Å². The van der Waals surface area contributed by atoms with E-state index in [1.165, 1.54) is 0 Å². The summed E-state index contributed by atoms with van der Waals surface area (Å²) in [7, 11) is 3.68. The van der Waals surface area contributed by atoms with Crippen LogP contribution in [0.2, 0.25) is 0 Å². The molecule has 0 aromatic heterocycles. The summed E-state index contributed by atoms with van der Waals surface area (Å²) in [6.45, 7) is 5.43. The van der Waals surface area contributed by atoms with Crippen LogP contribution in [0.1, 0.15) is 18.9 Å². The van der Waals surface area contributed by atoms with Gasteiger partial charge in [-0.1, -0.05) is 36.4 Å². The molecule has 1 unspecified atom stereocenters. The minimum atomic E-state index is -1.01. The Morgan fingerprint density at radius 2 is 2.00 bits per heavy atom. The van der Waals surface area contributed by atoms with Gasteiger partial charge >= 0.3 is 0 Å². The highest BCUT2D eigenvalue weighted by molar-refractivity contribution is 6.06. The quantitative estimate of drug-likeness (QED) is 0.480. The number of rotatable bonds is 5. The van der Waals surface area contributed by atoms with Crippen LogP contribution in [0.25, 0.3) is 0 Å². The van der Waals surface area contributed by atoms with Gasteiger partial charge in [0, 0.05) is 19.7 Å². The maximum atomic E-state index is 10.4. The Bertz CT molecular complexity index is 394. The van der Waals surface area contributed by atoms with Gasteiger partial charge in [-0.3, -0.25) is 0 Å². The Kier molecular flexibility index (Phi) is 4.46. The zero-order valence-electron chi connectivity index (χ0n) is 10.7. The van der Waals surface area contributed by atoms with Crippen molar-refractivity contribution < 1.29 is 5.11 Å². The van der Waals surface area contributed by atoms with Crippen molar-refractivity contribution in [2.75, 3.05) is 14.1 Å². The van der Waals surface area contributed by atoms with Crippen LogP contribution in [0, 0.1) is 0 Å². The molecule has 0 fully saturated rings. The summed E-state index contributed by atoms with van der Waals surface area (Å²) in [5, 5.41) is 16.5. The molecule has 0 saturated heterocycles. The second-order valence-corrected chi connectivity index (χ2v) is 4.43. The van der Waals surface area contributed by atoms with Gasteiger partial charge in [0.2, 0.25) is 0 Å². The third-order valence-electron chi connectivity index (χ3n) is 2.40. The first-order chi connectivity index (χ1) is 7.97. The van der Waals surface area contributed by atoms with Gasteiger partial charge in [-0.25, -0.2) is 0 Å². The lowest BCUT2D eigenvalue weighted by atomic mass is 9.91. The first-order valence-electron chi connectivity index (χ1n) is 5.62. The summed E-state index contributed by atoms with van der Waals surface area (Å²) in [4.78, 5) is 0. The molecule has 1 N–H and O–H groups in total. The molecule has 17 heavy (non-hydrogen) atoms. The normalized spacial score (nSPS) is 15.2. The highest BCUT2D eigenvalue weighted by Gasteiger charge is 2.27. The molecule has 1 aromatic rings. The number of hydrogen-bond donors (Lipinski definition) is 1. The van der Waals surface area contributed by atoms with Crippen LogP contribution in [-0.2, 0) is 0 Å². The molecule has 1 aromatic carbocycles. The van der Waals surface area contributed by atoms with Crippen molar-refractivity contribution >= 4 is 5.71 Å². The van der Waals surface area contributed by atoms with E-state index in [0.29, 0.717) is 12.1 Å². The third kappa shape index (κ3) is 3.71. The summed E-state index contributed by atoms with van der Waals surface area (Å²) >= 11 is 0. The third-order valence-corrected chi connectivity index (χ3v) is 2.40. The maximum absolute atomic E-state index is 10.4. The lowest BCUT2D eigenvalue weighted by Gasteiger charge is -2.25. The van der Waals surface area contributed by atoms with Crippen molar-refractivity contribution in [3.8, 4) is 0 Å². The molecule has 92 valence electrons. The Hall–Kier alpha value is -1.61. The fourth-order valence-corrected chi connectivity index (χ4v) is 1.65. The van der Waals surface area contributed by atoms with Gasteiger partial charge in [-0.2, -0.15) is 5.10 Å². The number of benzene rings is 1. The van der Waals surface area contributed by atoms with Gasteiger partial charge in [0.1, 0.15) is 5.60 Å². The highest BCUT2D eigenvalue weighted by Crippen LogP contribution is 2.19. The van der Waals surface area contributed by atoms with Gasteiger partial charge in [0.15, 0.2) is 0 Å². The lowest BCUT2D eigenvalue weighted by molar-refractivity contribution is 0.134. The molecule has 0 aliphatic rings. The summed E-state index contributed by atoms with van der Waals surface area (Å²) in [6.07, 6.45) is 2.17. The van der Waals surface area contributed by atoms with E-state index < -0.39 is 5.60 Å². The molecular formula is C14H20N2O. The zero-order valence-corrected chi connectivity index (χ0v) is 10.7. The van der Waals surface area contributed by atoms with Gasteiger partial charge in [-0.05, 0) is 13.3 Å². The van der Waals surface area contributed by atoms with E-state index in [0.717, 1.165) is 5.56 Å². The zero-order chi connectivity index (χ0) is 12.9. The first kappa shape index (κ1) is 13.5. The van der Waals surface area contributed by atoms with E-state index in [1.54, 1.807) is 18.0 Å². The van der Waals surface area contributed by atoms with E-state index in [2.05, 4.69) is 11.7 Å². The van der Waals surface area contributed by atoms with Crippen LogP contribution in [0.15, 0.2) is 48.1 Å². The molecule has 1 rings (SSSR count). The van der Waals surface area contributed by atoms with Crippen LogP contribution in [0.4, 0.5) is 0 Å². The summed E-state index contributed by atoms with van der Waals surface area (Å²) < 4.78 is 0. The molecule has 0 radical (unpaired) electrons. The van der Waals surface area contributed by atoms with E-state index in [1.807, 2.05) is 44.4 Å². The Labute approximate surface area is 103 Å². The average Bonchev–Trinajstić information content (AvgIpc) is 2.26. The van der Waals surface area contributed by atoms with Gasteiger partial charge in [-0.15, -0.1) is 6.58 Å². The van der Waals surface area contributed by atoms with Crippen LogP contribution in [0.3, 0.4) is 0 Å². The standard InChI is InChI=1S/C14H20N2O/c1-5-11-14(2,17)13(15-16(3)4)12-9-7-6-8-10-12/h5-10,17H,1,11H2,2-4H3/b15-13-. The molecule has 0 saturated carbocycles. The summed E-state index contributed by atoms with van der Waals surface area (Å²) in [5.74, 6) is 0. The first-order valence-corrected chi connectivity index (χ1v) is 5.62. The number of aliphatic hydroxyl groups is 1. The topological polar surface area (TPSA) is 35.8 Å². The SMILES string of the molecule is C=CCC(C)(O)/C(=N\N(C)C)c1ccccc1. The lowest BCUT2D eigenvalue weighted by Crippen LogP contribution is -2.36. The number of hydrogen-bond acceptors (Lipinski definition) is 3. The second kappa shape index (κ2) is 5.64. The van der Waals surface area contributed by atoms with Crippen molar-refractivity contribution in [2.24, 2.45) is 5.10 Å².